The van der Waals surface area contributed by atoms with Crippen LogP contribution in [0.5, 0.6) is 11.5 Å². The highest BCUT2D eigenvalue weighted by molar-refractivity contribution is 6.32. The second kappa shape index (κ2) is 10.6. The highest BCUT2D eigenvalue weighted by atomic mass is 35.5. The van der Waals surface area contributed by atoms with Crippen molar-refractivity contribution in [3.63, 3.8) is 0 Å². The maximum atomic E-state index is 12.3. The summed E-state index contributed by atoms with van der Waals surface area (Å²) in [5.41, 5.74) is 6.80. The third kappa shape index (κ3) is 6.16. The smallest absolute Gasteiger partial charge is 0.276 e. The average molecular weight is 405 g/mol. The van der Waals surface area contributed by atoms with Gasteiger partial charge in [0.05, 0.1) is 12.2 Å². The number of halogens is 1. The maximum Gasteiger partial charge on any atom is 0.276 e. The van der Waals surface area contributed by atoms with Gasteiger partial charge >= 0.3 is 0 Å². The molecule has 0 aromatic heterocycles. The van der Waals surface area contributed by atoms with E-state index in [-0.39, 0.29) is 6.61 Å². The first kappa shape index (κ1) is 21.6. The molecule has 7 heteroatoms. The zero-order chi connectivity index (χ0) is 20.5. The van der Waals surface area contributed by atoms with Gasteiger partial charge in [0.15, 0.2) is 6.61 Å². The van der Waals surface area contributed by atoms with Crippen molar-refractivity contribution in [2.45, 2.75) is 33.6 Å². The first-order chi connectivity index (χ1) is 13.4. The van der Waals surface area contributed by atoms with E-state index in [1.165, 1.54) is 0 Å². The number of rotatable bonds is 8. The van der Waals surface area contributed by atoms with Gasteiger partial charge in [0.2, 0.25) is 0 Å². The molecule has 0 aliphatic rings. The molecule has 2 N–H and O–H groups in total. The Kier molecular flexibility index (Phi) is 8.14. The summed E-state index contributed by atoms with van der Waals surface area (Å²) < 4.78 is 11.1. The third-order valence-corrected chi connectivity index (χ3v) is 4.58. The normalized spacial score (nSPS) is 10.3. The van der Waals surface area contributed by atoms with E-state index in [1.54, 1.807) is 36.4 Å². The van der Waals surface area contributed by atoms with Crippen LogP contribution in [0.25, 0.3) is 0 Å². The number of benzene rings is 2. The highest BCUT2D eigenvalue weighted by Gasteiger charge is 2.13. The van der Waals surface area contributed by atoms with Crippen molar-refractivity contribution in [3.8, 4) is 11.5 Å². The van der Waals surface area contributed by atoms with Crippen LogP contribution in [0, 0.1) is 13.8 Å². The van der Waals surface area contributed by atoms with E-state index in [0.717, 1.165) is 24.0 Å². The van der Waals surface area contributed by atoms with Gasteiger partial charge in [-0.15, -0.1) is 0 Å². The molecule has 0 fully saturated rings. The van der Waals surface area contributed by atoms with E-state index in [2.05, 4.69) is 17.8 Å². The van der Waals surface area contributed by atoms with E-state index in [0.29, 0.717) is 28.7 Å². The number of para-hydroxylation sites is 1. The molecule has 0 spiro atoms. The summed E-state index contributed by atoms with van der Waals surface area (Å²) in [6.07, 6.45) is 1.89. The Balaban J connectivity index is 1.87. The predicted octanol–water partition coefficient (Wildman–Crippen LogP) is 3.98. The van der Waals surface area contributed by atoms with Crippen molar-refractivity contribution in [2.24, 2.45) is 0 Å². The Hall–Kier alpha value is -2.73. The number of hydrazine groups is 1. The summed E-state index contributed by atoms with van der Waals surface area (Å²) >= 11 is 6.12. The Labute approximate surface area is 170 Å². The first-order valence-electron chi connectivity index (χ1n) is 9.13. The summed E-state index contributed by atoms with van der Waals surface area (Å²) in [6.45, 7) is 6.08. The van der Waals surface area contributed by atoms with Gasteiger partial charge < -0.3 is 9.47 Å². The van der Waals surface area contributed by atoms with Gasteiger partial charge in [-0.2, -0.15) is 0 Å². The van der Waals surface area contributed by atoms with E-state index in [1.807, 2.05) is 13.8 Å². The fourth-order valence-corrected chi connectivity index (χ4v) is 2.58. The molecule has 0 bridgehead atoms. The van der Waals surface area contributed by atoms with Gasteiger partial charge in [-0.25, -0.2) is 0 Å². The van der Waals surface area contributed by atoms with Crippen molar-refractivity contribution < 1.29 is 19.1 Å². The second-order valence-electron chi connectivity index (χ2n) is 6.36. The fourth-order valence-electron chi connectivity index (χ4n) is 2.47. The molecular weight excluding hydrogens is 380 g/mol. The lowest BCUT2D eigenvalue weighted by atomic mass is 10.1. The van der Waals surface area contributed by atoms with Crippen LogP contribution in [-0.4, -0.2) is 25.0 Å². The zero-order valence-corrected chi connectivity index (χ0v) is 17.1. The maximum absolute atomic E-state index is 12.3. The fraction of sp³-hybridized carbons (Fsp3) is 0.333. The molecule has 6 nitrogen and oxygen atoms in total. The number of aryl methyl sites for hydroxylation is 2. The monoisotopic (exact) mass is 404 g/mol. The van der Waals surface area contributed by atoms with Crippen LogP contribution < -0.4 is 20.3 Å². The lowest BCUT2D eigenvalue weighted by Gasteiger charge is -2.13. The number of carbonyl (C=O) groups excluding carboxylic acids is 2. The van der Waals surface area contributed by atoms with Gasteiger partial charge in [-0.05, 0) is 55.7 Å². The zero-order valence-electron chi connectivity index (χ0n) is 16.3. The van der Waals surface area contributed by atoms with Crippen molar-refractivity contribution in [2.75, 3.05) is 13.2 Å². The Bertz CT molecular complexity index is 816. The van der Waals surface area contributed by atoms with E-state index in [4.69, 9.17) is 21.1 Å². The second-order valence-corrected chi connectivity index (χ2v) is 6.74. The number of carbonyl (C=O) groups is 2. The molecule has 2 amide bonds. The van der Waals surface area contributed by atoms with Crippen LogP contribution in [0.1, 0.15) is 41.3 Å². The van der Waals surface area contributed by atoms with Crippen LogP contribution in [0.4, 0.5) is 0 Å². The van der Waals surface area contributed by atoms with Crippen molar-refractivity contribution in [1.29, 1.82) is 0 Å². The molecule has 0 radical (unpaired) electrons. The molecule has 0 aliphatic heterocycles. The molecule has 0 heterocycles. The molecule has 2 aromatic rings. The Morgan fingerprint density at radius 2 is 1.71 bits per heavy atom. The lowest BCUT2D eigenvalue weighted by Crippen LogP contribution is -2.43. The van der Waals surface area contributed by atoms with E-state index in [9.17, 15) is 9.59 Å². The van der Waals surface area contributed by atoms with Gasteiger partial charge in [0, 0.05) is 5.02 Å². The summed E-state index contributed by atoms with van der Waals surface area (Å²) in [6, 6.07) is 10.4. The quantitative estimate of drug-likeness (QED) is 0.515. The Morgan fingerprint density at radius 3 is 2.39 bits per heavy atom. The number of ether oxygens (including phenoxy) is 2. The number of unbranched alkanes of at least 4 members (excludes halogenated alkanes) is 1. The molecule has 0 atom stereocenters. The minimum absolute atomic E-state index is 0.241. The van der Waals surface area contributed by atoms with Crippen LogP contribution in [0.15, 0.2) is 36.4 Å². The van der Waals surface area contributed by atoms with Gasteiger partial charge in [0.25, 0.3) is 11.8 Å². The standard InChI is InChI=1S/C21H25ClN2O4/c1-4-5-10-27-18-9-7-6-8-17(18)21(26)24-23-19(25)13-28-16-11-14(2)20(22)15(3)12-16/h6-9,11-12H,4-5,10,13H2,1-3H3,(H,23,25)(H,24,26). The summed E-state index contributed by atoms with van der Waals surface area (Å²) in [5, 5.41) is 0.670. The van der Waals surface area contributed by atoms with E-state index < -0.39 is 11.8 Å². The van der Waals surface area contributed by atoms with Gasteiger partial charge in [0.1, 0.15) is 11.5 Å². The topological polar surface area (TPSA) is 76.7 Å². The summed E-state index contributed by atoms with van der Waals surface area (Å²) in [7, 11) is 0. The minimum Gasteiger partial charge on any atom is -0.493 e. The molecule has 2 aromatic carbocycles. The summed E-state index contributed by atoms with van der Waals surface area (Å²) in [4.78, 5) is 24.3. The molecule has 0 saturated carbocycles. The number of hydrogen-bond donors (Lipinski definition) is 2. The molecule has 0 saturated heterocycles. The van der Waals surface area contributed by atoms with Crippen molar-refractivity contribution in [3.05, 3.63) is 58.1 Å². The van der Waals surface area contributed by atoms with Gasteiger partial charge in [-0.3, -0.25) is 20.4 Å². The third-order valence-electron chi connectivity index (χ3n) is 3.98. The summed E-state index contributed by atoms with van der Waals surface area (Å²) in [5.74, 6) is 0.0724. The van der Waals surface area contributed by atoms with Gasteiger partial charge in [-0.1, -0.05) is 37.1 Å². The highest BCUT2D eigenvalue weighted by Crippen LogP contribution is 2.25. The molecular formula is C21H25ClN2O4. The van der Waals surface area contributed by atoms with E-state index >= 15 is 0 Å². The molecule has 150 valence electrons. The lowest BCUT2D eigenvalue weighted by molar-refractivity contribution is -0.123. The predicted molar refractivity (Wildman–Crippen MR) is 109 cm³/mol. The minimum atomic E-state index is -0.483. The number of amides is 2. The average Bonchev–Trinajstić information content (AvgIpc) is 2.69. The van der Waals surface area contributed by atoms with Crippen LogP contribution in [0.3, 0.4) is 0 Å². The van der Waals surface area contributed by atoms with Crippen LogP contribution in [-0.2, 0) is 4.79 Å². The molecule has 28 heavy (non-hydrogen) atoms. The largest absolute Gasteiger partial charge is 0.493 e. The van der Waals surface area contributed by atoms with Crippen molar-refractivity contribution in [1.82, 2.24) is 10.9 Å². The van der Waals surface area contributed by atoms with Crippen LogP contribution >= 0.6 is 11.6 Å². The SMILES string of the molecule is CCCCOc1ccccc1C(=O)NNC(=O)COc1cc(C)c(Cl)c(C)c1. The number of hydrogen-bond acceptors (Lipinski definition) is 4. The number of nitrogens with one attached hydrogen (secondary N) is 2. The molecule has 2 rings (SSSR count). The van der Waals surface area contributed by atoms with Crippen LogP contribution in [0.2, 0.25) is 5.02 Å². The van der Waals surface area contributed by atoms with Crippen molar-refractivity contribution >= 4 is 23.4 Å². The first-order valence-corrected chi connectivity index (χ1v) is 9.50. The molecule has 0 unspecified atom stereocenters. The Morgan fingerprint density at radius 1 is 1.04 bits per heavy atom. The molecule has 0 aliphatic carbocycles.